The highest BCUT2D eigenvalue weighted by Gasteiger charge is 2.36. The van der Waals surface area contributed by atoms with Gasteiger partial charge < -0.3 is 4.98 Å². The predicted molar refractivity (Wildman–Crippen MR) is 83.4 cm³/mol. The van der Waals surface area contributed by atoms with Gasteiger partial charge in [-0.1, -0.05) is 42.5 Å². The Morgan fingerprint density at radius 3 is 2.27 bits per heavy atom. The lowest BCUT2D eigenvalue weighted by Gasteiger charge is -2.27. The molecule has 1 N–H and O–H groups in total. The van der Waals surface area contributed by atoms with Crippen molar-refractivity contribution in [1.82, 2.24) is 9.97 Å². The molecule has 0 aliphatic carbocycles. The van der Waals surface area contributed by atoms with Crippen molar-refractivity contribution < 1.29 is 4.39 Å². The molecule has 2 aromatic carbocycles. The number of H-pyrrole nitrogens is 1. The van der Waals surface area contributed by atoms with Crippen LogP contribution >= 0.6 is 11.6 Å². The number of hydrogen-bond acceptors (Lipinski definition) is 2. The Labute approximate surface area is 131 Å². The molecule has 3 aromatic rings. The van der Waals surface area contributed by atoms with Gasteiger partial charge in [0.25, 0.3) is 5.56 Å². The van der Waals surface area contributed by atoms with Crippen molar-refractivity contribution in [3.63, 3.8) is 0 Å². The summed E-state index contributed by atoms with van der Waals surface area (Å²) in [5, 5.41) is 0. The number of nitrogens with zero attached hydrogens (tertiary/aromatic N) is 1. The average Bonchev–Trinajstić information content (AvgIpc) is 2.56. The molecule has 0 aliphatic heterocycles. The van der Waals surface area contributed by atoms with Gasteiger partial charge >= 0.3 is 0 Å². The fraction of sp³-hybridized carbons (Fsp3) is 0.0588. The summed E-state index contributed by atoms with van der Waals surface area (Å²) in [4.78, 5) is 17.5. The number of benzene rings is 2. The molecule has 0 aliphatic rings. The first-order chi connectivity index (χ1) is 10.6. The lowest BCUT2D eigenvalue weighted by molar-refractivity contribution is 0.626. The quantitative estimate of drug-likeness (QED) is 0.753. The van der Waals surface area contributed by atoms with Crippen LogP contribution in [0.5, 0.6) is 0 Å². The SMILES string of the molecule is O=c1[nH]cncc1C(Cl)(c1ccccc1)c1ccc(F)cc1. The second-order valence-electron chi connectivity index (χ2n) is 4.83. The normalized spacial score (nSPS) is 13.5. The number of aromatic nitrogens is 2. The molecule has 3 rings (SSSR count). The minimum atomic E-state index is -1.24. The van der Waals surface area contributed by atoms with E-state index in [-0.39, 0.29) is 16.9 Å². The second-order valence-corrected chi connectivity index (χ2v) is 5.39. The Morgan fingerprint density at radius 1 is 1.00 bits per heavy atom. The molecule has 0 saturated heterocycles. The summed E-state index contributed by atoms with van der Waals surface area (Å²) in [5.74, 6) is -0.365. The molecular formula is C17H12ClFN2O. The summed E-state index contributed by atoms with van der Waals surface area (Å²) in [6.45, 7) is 0. The molecule has 0 radical (unpaired) electrons. The summed E-state index contributed by atoms with van der Waals surface area (Å²) >= 11 is 6.89. The van der Waals surface area contributed by atoms with Crippen molar-refractivity contribution in [2.75, 3.05) is 0 Å². The summed E-state index contributed by atoms with van der Waals surface area (Å²) < 4.78 is 13.2. The van der Waals surface area contributed by atoms with Crippen LogP contribution in [-0.4, -0.2) is 9.97 Å². The number of rotatable bonds is 3. The van der Waals surface area contributed by atoms with Gasteiger partial charge in [0.05, 0.1) is 11.9 Å². The van der Waals surface area contributed by atoms with Gasteiger partial charge in [-0.3, -0.25) is 4.79 Å². The average molecular weight is 315 g/mol. The molecular weight excluding hydrogens is 303 g/mol. The van der Waals surface area contributed by atoms with E-state index < -0.39 is 4.87 Å². The highest BCUT2D eigenvalue weighted by atomic mass is 35.5. The van der Waals surface area contributed by atoms with Crippen molar-refractivity contribution in [3.8, 4) is 0 Å². The van der Waals surface area contributed by atoms with E-state index in [4.69, 9.17) is 11.6 Å². The Hall–Kier alpha value is -2.46. The molecule has 0 spiro atoms. The molecule has 22 heavy (non-hydrogen) atoms. The molecule has 1 heterocycles. The van der Waals surface area contributed by atoms with Crippen LogP contribution in [0.15, 0.2) is 71.9 Å². The van der Waals surface area contributed by atoms with Crippen LogP contribution in [0.3, 0.4) is 0 Å². The third-order valence-electron chi connectivity index (χ3n) is 3.50. The van der Waals surface area contributed by atoms with E-state index >= 15 is 0 Å². The molecule has 0 bridgehead atoms. The van der Waals surface area contributed by atoms with E-state index in [1.54, 1.807) is 12.1 Å². The Balaban J connectivity index is 2.30. The fourth-order valence-corrected chi connectivity index (χ4v) is 2.80. The van der Waals surface area contributed by atoms with Gasteiger partial charge in [-0.25, -0.2) is 9.37 Å². The van der Waals surface area contributed by atoms with Gasteiger partial charge in [-0.2, -0.15) is 0 Å². The van der Waals surface area contributed by atoms with E-state index in [9.17, 15) is 9.18 Å². The standard InChI is InChI=1S/C17H12ClFN2O/c18-17(12-4-2-1-3-5-12,13-6-8-14(19)9-7-13)15-10-20-11-21-16(15)22/h1-11H,(H,20,21,22). The molecule has 0 amide bonds. The van der Waals surface area contributed by atoms with E-state index in [1.165, 1.54) is 24.7 Å². The van der Waals surface area contributed by atoms with Gasteiger partial charge in [0.1, 0.15) is 10.7 Å². The predicted octanol–water partition coefficient (Wildman–Crippen LogP) is 3.44. The smallest absolute Gasteiger partial charge is 0.256 e. The monoisotopic (exact) mass is 314 g/mol. The zero-order valence-electron chi connectivity index (χ0n) is 11.5. The maximum absolute atomic E-state index is 13.2. The number of hydrogen-bond donors (Lipinski definition) is 1. The van der Waals surface area contributed by atoms with Gasteiger partial charge in [0, 0.05) is 6.20 Å². The lowest BCUT2D eigenvalue weighted by atomic mass is 9.85. The van der Waals surface area contributed by atoms with Gasteiger partial charge in [-0.05, 0) is 23.3 Å². The number of nitrogens with one attached hydrogen (secondary N) is 1. The van der Waals surface area contributed by atoms with E-state index in [0.717, 1.165) is 0 Å². The van der Waals surface area contributed by atoms with Crippen LogP contribution in [0.25, 0.3) is 0 Å². The topological polar surface area (TPSA) is 45.8 Å². The Bertz CT molecular complexity index is 833. The van der Waals surface area contributed by atoms with Gasteiger partial charge in [0.15, 0.2) is 0 Å². The van der Waals surface area contributed by atoms with Gasteiger partial charge in [0.2, 0.25) is 0 Å². The van der Waals surface area contributed by atoms with Crippen LogP contribution in [0.2, 0.25) is 0 Å². The van der Waals surface area contributed by atoms with Crippen LogP contribution < -0.4 is 5.56 Å². The van der Waals surface area contributed by atoms with Crippen molar-refractivity contribution in [1.29, 1.82) is 0 Å². The van der Waals surface area contributed by atoms with Crippen LogP contribution in [0.1, 0.15) is 16.7 Å². The highest BCUT2D eigenvalue weighted by Crippen LogP contribution is 2.41. The molecule has 110 valence electrons. The highest BCUT2D eigenvalue weighted by molar-refractivity contribution is 6.28. The molecule has 5 heteroatoms. The fourth-order valence-electron chi connectivity index (χ4n) is 2.41. The third-order valence-corrected chi connectivity index (χ3v) is 4.14. The number of aromatic amines is 1. The van der Waals surface area contributed by atoms with E-state index in [1.807, 2.05) is 30.3 Å². The van der Waals surface area contributed by atoms with E-state index in [2.05, 4.69) is 9.97 Å². The summed E-state index contributed by atoms with van der Waals surface area (Å²) in [5.41, 5.74) is 1.26. The molecule has 1 aromatic heterocycles. The second kappa shape index (κ2) is 5.73. The largest absolute Gasteiger partial charge is 0.313 e. The molecule has 3 nitrogen and oxygen atoms in total. The molecule has 1 atom stereocenters. The van der Waals surface area contributed by atoms with Crippen molar-refractivity contribution in [2.45, 2.75) is 4.87 Å². The maximum atomic E-state index is 13.2. The zero-order chi connectivity index (χ0) is 15.6. The minimum Gasteiger partial charge on any atom is -0.313 e. The first-order valence-corrected chi connectivity index (χ1v) is 7.04. The summed E-state index contributed by atoms with van der Waals surface area (Å²) in [6, 6.07) is 15.0. The number of halogens is 2. The zero-order valence-corrected chi connectivity index (χ0v) is 12.2. The maximum Gasteiger partial charge on any atom is 0.256 e. The summed E-state index contributed by atoms with van der Waals surface area (Å²) in [7, 11) is 0. The Morgan fingerprint density at radius 2 is 1.64 bits per heavy atom. The van der Waals surface area contributed by atoms with E-state index in [0.29, 0.717) is 11.1 Å². The Kier molecular flexibility index (Phi) is 3.77. The van der Waals surface area contributed by atoms with Crippen molar-refractivity contribution >= 4 is 11.6 Å². The third kappa shape index (κ3) is 2.42. The first-order valence-electron chi connectivity index (χ1n) is 6.66. The van der Waals surface area contributed by atoms with Gasteiger partial charge in [-0.15, -0.1) is 11.6 Å². The number of alkyl halides is 1. The summed E-state index contributed by atoms with van der Waals surface area (Å²) in [6.07, 6.45) is 2.74. The van der Waals surface area contributed by atoms with Crippen LogP contribution in [-0.2, 0) is 4.87 Å². The van der Waals surface area contributed by atoms with Crippen LogP contribution in [0, 0.1) is 5.82 Å². The first kappa shape index (κ1) is 14.5. The minimum absolute atomic E-state index is 0.287. The molecule has 0 saturated carbocycles. The van der Waals surface area contributed by atoms with Crippen molar-refractivity contribution in [2.24, 2.45) is 0 Å². The van der Waals surface area contributed by atoms with Crippen LogP contribution in [0.4, 0.5) is 4.39 Å². The van der Waals surface area contributed by atoms with Crippen molar-refractivity contribution in [3.05, 3.63) is 100.0 Å². The molecule has 1 unspecified atom stereocenters. The lowest BCUT2D eigenvalue weighted by Crippen LogP contribution is -2.30. The molecule has 0 fully saturated rings.